The van der Waals surface area contributed by atoms with Crippen molar-refractivity contribution in [3.05, 3.63) is 35.4 Å². The third kappa shape index (κ3) is 7.53. The first-order valence-corrected chi connectivity index (χ1v) is 6.31. The lowest BCUT2D eigenvalue weighted by atomic mass is 10.1. The van der Waals surface area contributed by atoms with Crippen LogP contribution in [-0.4, -0.2) is 19.0 Å². The zero-order valence-electron chi connectivity index (χ0n) is 11.3. The summed E-state index contributed by atoms with van der Waals surface area (Å²) in [5.41, 5.74) is 8.36. The van der Waals surface area contributed by atoms with E-state index in [2.05, 4.69) is 48.4 Å². The zero-order valence-corrected chi connectivity index (χ0v) is 13.6. The second-order valence-corrected chi connectivity index (χ2v) is 4.28. The topological polar surface area (TPSA) is 50.4 Å². The average Bonchev–Trinajstić information content (AvgIpc) is 2.32. The van der Waals surface area contributed by atoms with Gasteiger partial charge in [-0.05, 0) is 25.3 Å². The van der Waals surface area contributed by atoms with E-state index in [0.717, 1.165) is 32.4 Å². The molecule has 4 heteroatoms. The fraction of sp³-hybridized carbons (Fsp3) is 0.500. The molecule has 0 spiro atoms. The second kappa shape index (κ2) is 10.2. The summed E-state index contributed by atoms with van der Waals surface area (Å²) in [6, 6.07) is 8.57. The van der Waals surface area contributed by atoms with Gasteiger partial charge in [0.15, 0.2) is 5.96 Å². The summed E-state index contributed by atoms with van der Waals surface area (Å²) < 4.78 is 0. The fourth-order valence-corrected chi connectivity index (χ4v) is 1.50. The van der Waals surface area contributed by atoms with Crippen molar-refractivity contribution in [2.45, 2.75) is 33.1 Å². The van der Waals surface area contributed by atoms with E-state index in [1.807, 2.05) is 0 Å². The van der Waals surface area contributed by atoms with Gasteiger partial charge in [0.05, 0.1) is 0 Å². The lowest BCUT2D eigenvalue weighted by molar-refractivity contribution is 0.791. The number of nitrogens with zero attached hydrogens (tertiary/aromatic N) is 1. The molecule has 0 unspecified atom stereocenters. The van der Waals surface area contributed by atoms with Gasteiger partial charge in [0.1, 0.15) is 0 Å². The lowest BCUT2D eigenvalue weighted by Gasteiger charge is -2.06. The van der Waals surface area contributed by atoms with Crippen molar-refractivity contribution < 1.29 is 0 Å². The first-order chi connectivity index (χ1) is 8.22. The summed E-state index contributed by atoms with van der Waals surface area (Å²) >= 11 is 0. The fourth-order valence-electron chi connectivity index (χ4n) is 1.50. The molecule has 0 heterocycles. The van der Waals surface area contributed by atoms with E-state index in [9.17, 15) is 0 Å². The van der Waals surface area contributed by atoms with Gasteiger partial charge in [-0.2, -0.15) is 0 Å². The zero-order chi connectivity index (χ0) is 12.5. The second-order valence-electron chi connectivity index (χ2n) is 4.28. The van der Waals surface area contributed by atoms with E-state index in [4.69, 9.17) is 5.73 Å². The highest BCUT2D eigenvalue weighted by molar-refractivity contribution is 14.0. The number of halogens is 1. The molecule has 0 bridgehead atoms. The Balaban J connectivity index is 0.00000289. The van der Waals surface area contributed by atoms with E-state index in [1.54, 1.807) is 0 Å². The van der Waals surface area contributed by atoms with Gasteiger partial charge < -0.3 is 11.1 Å². The number of unbranched alkanes of at least 4 members (excludes halogenated alkanes) is 1. The predicted octanol–water partition coefficient (Wildman–Crippen LogP) is 2.86. The smallest absolute Gasteiger partial charge is 0.188 e. The Bertz CT molecular complexity index is 347. The highest BCUT2D eigenvalue weighted by atomic mass is 127. The monoisotopic (exact) mass is 361 g/mol. The Morgan fingerprint density at radius 3 is 2.56 bits per heavy atom. The van der Waals surface area contributed by atoms with Crippen LogP contribution in [0.4, 0.5) is 0 Å². The highest BCUT2D eigenvalue weighted by Crippen LogP contribution is 2.02. The average molecular weight is 361 g/mol. The van der Waals surface area contributed by atoms with E-state index in [-0.39, 0.29) is 24.0 Å². The molecule has 1 aromatic carbocycles. The molecule has 1 rings (SSSR count). The minimum atomic E-state index is 0. The number of hydrogen-bond acceptors (Lipinski definition) is 1. The third-order valence-electron chi connectivity index (χ3n) is 2.63. The Kier molecular flexibility index (Phi) is 9.73. The third-order valence-corrected chi connectivity index (χ3v) is 2.63. The summed E-state index contributed by atoms with van der Waals surface area (Å²) in [6.45, 7) is 5.90. The minimum absolute atomic E-state index is 0. The van der Waals surface area contributed by atoms with E-state index >= 15 is 0 Å². The normalized spacial score (nSPS) is 10.9. The van der Waals surface area contributed by atoms with Crippen molar-refractivity contribution in [2.24, 2.45) is 10.7 Å². The highest BCUT2D eigenvalue weighted by Gasteiger charge is 1.94. The Morgan fingerprint density at radius 1 is 1.28 bits per heavy atom. The van der Waals surface area contributed by atoms with Gasteiger partial charge in [-0.3, -0.25) is 4.99 Å². The van der Waals surface area contributed by atoms with Crippen molar-refractivity contribution in [3.63, 3.8) is 0 Å². The Labute approximate surface area is 127 Å². The maximum atomic E-state index is 5.74. The number of nitrogens with two attached hydrogens (primary N) is 1. The first kappa shape index (κ1) is 17.2. The molecule has 0 aliphatic rings. The largest absolute Gasteiger partial charge is 0.370 e. The number of benzene rings is 1. The van der Waals surface area contributed by atoms with Crippen LogP contribution in [-0.2, 0) is 6.42 Å². The molecule has 0 saturated carbocycles. The molecule has 3 N–H and O–H groups in total. The SMILES string of the molecule is CCCCN=C(N)NCCc1ccc(C)cc1.I. The quantitative estimate of drug-likeness (QED) is 0.354. The number of hydrogen-bond donors (Lipinski definition) is 2. The van der Waals surface area contributed by atoms with Crippen LogP contribution in [0.2, 0.25) is 0 Å². The van der Waals surface area contributed by atoms with Crippen molar-refractivity contribution in [1.82, 2.24) is 5.32 Å². The summed E-state index contributed by atoms with van der Waals surface area (Å²) in [5, 5.41) is 3.13. The Hall–Kier alpha value is -0.780. The molecule has 0 atom stereocenters. The van der Waals surface area contributed by atoms with E-state index in [1.165, 1.54) is 11.1 Å². The number of guanidine groups is 1. The first-order valence-electron chi connectivity index (χ1n) is 6.31. The molecule has 0 aliphatic heterocycles. The number of nitrogens with one attached hydrogen (secondary N) is 1. The molecule has 0 fully saturated rings. The molecule has 0 aromatic heterocycles. The minimum Gasteiger partial charge on any atom is -0.370 e. The van der Waals surface area contributed by atoms with Crippen molar-refractivity contribution >= 4 is 29.9 Å². The lowest BCUT2D eigenvalue weighted by Crippen LogP contribution is -2.33. The van der Waals surface area contributed by atoms with Gasteiger partial charge in [0, 0.05) is 13.1 Å². The van der Waals surface area contributed by atoms with Crippen LogP contribution in [0.5, 0.6) is 0 Å². The molecule has 3 nitrogen and oxygen atoms in total. The molecule has 102 valence electrons. The van der Waals surface area contributed by atoms with E-state index < -0.39 is 0 Å². The summed E-state index contributed by atoms with van der Waals surface area (Å²) in [7, 11) is 0. The van der Waals surface area contributed by atoms with Crippen LogP contribution in [0.1, 0.15) is 30.9 Å². The van der Waals surface area contributed by atoms with Gasteiger partial charge >= 0.3 is 0 Å². The molecule has 0 saturated heterocycles. The summed E-state index contributed by atoms with van der Waals surface area (Å²) in [5.74, 6) is 0.561. The molecular formula is C14H24IN3. The number of aryl methyl sites for hydroxylation is 1. The number of aliphatic imine (C=N–C) groups is 1. The molecular weight excluding hydrogens is 337 g/mol. The maximum absolute atomic E-state index is 5.74. The van der Waals surface area contributed by atoms with Crippen LogP contribution in [0.25, 0.3) is 0 Å². The molecule has 1 aromatic rings. The molecule has 18 heavy (non-hydrogen) atoms. The standard InChI is InChI=1S/C14H23N3.HI/c1-3-4-10-16-14(15)17-11-9-13-7-5-12(2)6-8-13;/h5-8H,3-4,9-11H2,1-2H3,(H3,15,16,17);1H. The Morgan fingerprint density at radius 2 is 1.94 bits per heavy atom. The van der Waals surface area contributed by atoms with Crippen LogP contribution in [0.3, 0.4) is 0 Å². The van der Waals surface area contributed by atoms with Crippen LogP contribution < -0.4 is 11.1 Å². The maximum Gasteiger partial charge on any atom is 0.188 e. The molecule has 0 radical (unpaired) electrons. The van der Waals surface area contributed by atoms with Crippen molar-refractivity contribution in [3.8, 4) is 0 Å². The van der Waals surface area contributed by atoms with Crippen LogP contribution >= 0.6 is 24.0 Å². The van der Waals surface area contributed by atoms with Crippen molar-refractivity contribution in [1.29, 1.82) is 0 Å². The number of rotatable bonds is 6. The van der Waals surface area contributed by atoms with Gasteiger partial charge in [-0.15, -0.1) is 24.0 Å². The van der Waals surface area contributed by atoms with Gasteiger partial charge in [0.25, 0.3) is 0 Å². The summed E-state index contributed by atoms with van der Waals surface area (Å²) in [4.78, 5) is 4.24. The summed E-state index contributed by atoms with van der Waals surface area (Å²) in [6.07, 6.45) is 3.23. The van der Waals surface area contributed by atoms with Crippen molar-refractivity contribution in [2.75, 3.05) is 13.1 Å². The van der Waals surface area contributed by atoms with Gasteiger partial charge in [0.2, 0.25) is 0 Å². The van der Waals surface area contributed by atoms with E-state index in [0.29, 0.717) is 5.96 Å². The van der Waals surface area contributed by atoms with Gasteiger partial charge in [-0.1, -0.05) is 43.2 Å². The molecule has 0 amide bonds. The van der Waals surface area contributed by atoms with Gasteiger partial charge in [-0.25, -0.2) is 0 Å². The van der Waals surface area contributed by atoms with Crippen LogP contribution in [0.15, 0.2) is 29.3 Å². The molecule has 0 aliphatic carbocycles. The van der Waals surface area contributed by atoms with Crippen LogP contribution in [0, 0.1) is 6.92 Å². The predicted molar refractivity (Wildman–Crippen MR) is 89.7 cm³/mol.